The van der Waals surface area contributed by atoms with Gasteiger partial charge in [0.2, 0.25) is 0 Å². The number of fused-ring (bicyclic) bond motifs is 1. The molecule has 0 atom stereocenters. The van der Waals surface area contributed by atoms with Crippen molar-refractivity contribution < 1.29 is 13.5 Å². The summed E-state index contributed by atoms with van der Waals surface area (Å²) in [5.74, 6) is 0.190. The number of nitrogens with one attached hydrogen (secondary N) is 1. The van der Waals surface area contributed by atoms with E-state index >= 15 is 0 Å². The monoisotopic (exact) mass is 417 g/mol. The maximum absolute atomic E-state index is 12.5. The molecule has 0 radical (unpaired) electrons. The van der Waals surface area contributed by atoms with Crippen molar-refractivity contribution in [2.75, 3.05) is 4.72 Å². The number of sulfonamides is 1. The number of azo groups is 1. The number of aromatic hydroxyl groups is 1. The number of benzene rings is 4. The molecule has 0 aliphatic carbocycles. The van der Waals surface area contributed by atoms with E-state index in [-0.39, 0.29) is 10.6 Å². The van der Waals surface area contributed by atoms with Crippen molar-refractivity contribution in [3.05, 3.63) is 90.5 Å². The van der Waals surface area contributed by atoms with Crippen molar-refractivity contribution in [3.8, 4) is 5.75 Å². The zero-order valence-corrected chi connectivity index (χ0v) is 17.0. The first-order valence-electron chi connectivity index (χ1n) is 9.24. The second-order valence-electron chi connectivity index (χ2n) is 6.81. The zero-order valence-electron chi connectivity index (χ0n) is 16.1. The molecule has 0 saturated carbocycles. The van der Waals surface area contributed by atoms with Crippen molar-refractivity contribution in [2.24, 2.45) is 10.2 Å². The number of nitrogens with zero attached hydrogens (tertiary/aromatic N) is 2. The molecule has 0 aliphatic rings. The van der Waals surface area contributed by atoms with E-state index in [0.29, 0.717) is 22.4 Å². The van der Waals surface area contributed by atoms with Gasteiger partial charge in [0.1, 0.15) is 5.75 Å². The highest BCUT2D eigenvalue weighted by molar-refractivity contribution is 7.92. The van der Waals surface area contributed by atoms with Crippen LogP contribution >= 0.6 is 0 Å². The summed E-state index contributed by atoms with van der Waals surface area (Å²) in [6, 6.07) is 24.0. The molecule has 0 bridgehead atoms. The highest BCUT2D eigenvalue weighted by atomic mass is 32.2. The molecule has 150 valence electrons. The fourth-order valence-corrected chi connectivity index (χ4v) is 4.05. The Labute approximate surface area is 174 Å². The maximum atomic E-state index is 12.5. The van der Waals surface area contributed by atoms with E-state index in [1.807, 2.05) is 31.2 Å². The van der Waals surface area contributed by atoms with Crippen LogP contribution in [0.1, 0.15) is 5.56 Å². The molecule has 7 heteroatoms. The molecule has 4 aromatic carbocycles. The summed E-state index contributed by atoms with van der Waals surface area (Å²) in [7, 11) is -3.65. The van der Waals surface area contributed by atoms with Crippen LogP contribution in [-0.4, -0.2) is 13.5 Å². The second-order valence-corrected chi connectivity index (χ2v) is 8.50. The number of hydrogen-bond donors (Lipinski definition) is 2. The minimum absolute atomic E-state index is 0.190. The Morgan fingerprint density at radius 1 is 0.767 bits per heavy atom. The Hall–Kier alpha value is -3.71. The molecular weight excluding hydrogens is 398 g/mol. The van der Waals surface area contributed by atoms with Crippen molar-refractivity contribution in [3.63, 3.8) is 0 Å². The van der Waals surface area contributed by atoms with Crippen LogP contribution in [0.3, 0.4) is 0 Å². The van der Waals surface area contributed by atoms with Gasteiger partial charge in [-0.25, -0.2) is 8.42 Å². The minimum Gasteiger partial charge on any atom is -0.507 e. The molecule has 0 amide bonds. The first-order valence-corrected chi connectivity index (χ1v) is 10.7. The lowest BCUT2D eigenvalue weighted by atomic mass is 10.1. The number of phenols is 1. The average molecular weight is 417 g/mol. The van der Waals surface area contributed by atoms with Gasteiger partial charge in [-0.2, -0.15) is 5.11 Å². The summed E-state index contributed by atoms with van der Waals surface area (Å²) in [5, 5.41) is 20.0. The van der Waals surface area contributed by atoms with E-state index < -0.39 is 10.0 Å². The van der Waals surface area contributed by atoms with E-state index in [9.17, 15) is 13.5 Å². The predicted octanol–water partition coefficient (Wildman–Crippen LogP) is 6.07. The van der Waals surface area contributed by atoms with E-state index in [4.69, 9.17) is 0 Å². The summed E-state index contributed by atoms with van der Waals surface area (Å²) in [4.78, 5) is 0.205. The molecule has 0 saturated heterocycles. The molecule has 6 nitrogen and oxygen atoms in total. The fourth-order valence-electron chi connectivity index (χ4n) is 2.99. The maximum Gasteiger partial charge on any atom is 0.261 e. The van der Waals surface area contributed by atoms with Crippen LogP contribution in [0.25, 0.3) is 10.8 Å². The van der Waals surface area contributed by atoms with Gasteiger partial charge >= 0.3 is 0 Å². The molecule has 30 heavy (non-hydrogen) atoms. The number of rotatable bonds is 5. The van der Waals surface area contributed by atoms with Crippen LogP contribution in [0.5, 0.6) is 5.75 Å². The molecule has 0 unspecified atom stereocenters. The number of aryl methyl sites for hydroxylation is 1. The van der Waals surface area contributed by atoms with Crippen LogP contribution in [0, 0.1) is 6.92 Å². The van der Waals surface area contributed by atoms with Crippen LogP contribution in [-0.2, 0) is 10.0 Å². The molecule has 0 aromatic heterocycles. The van der Waals surface area contributed by atoms with Gasteiger partial charge in [-0.3, -0.25) is 4.72 Å². The molecule has 0 heterocycles. The molecular formula is C23H19N3O3S. The second kappa shape index (κ2) is 7.96. The van der Waals surface area contributed by atoms with Gasteiger partial charge in [-0.1, -0.05) is 42.0 Å². The number of anilines is 1. The predicted molar refractivity (Wildman–Crippen MR) is 118 cm³/mol. The van der Waals surface area contributed by atoms with E-state index in [1.165, 1.54) is 0 Å². The van der Waals surface area contributed by atoms with E-state index in [0.717, 1.165) is 10.9 Å². The highest BCUT2D eigenvalue weighted by Gasteiger charge is 2.13. The van der Waals surface area contributed by atoms with E-state index in [2.05, 4.69) is 15.0 Å². The third kappa shape index (κ3) is 4.16. The first-order chi connectivity index (χ1) is 14.4. The van der Waals surface area contributed by atoms with Gasteiger partial charge < -0.3 is 5.11 Å². The first kappa shape index (κ1) is 19.6. The van der Waals surface area contributed by atoms with Crippen LogP contribution in [0.15, 0.2) is 100 Å². The fraction of sp³-hybridized carbons (Fsp3) is 0.0435. The molecule has 0 fully saturated rings. The Kier molecular flexibility index (Phi) is 5.20. The van der Waals surface area contributed by atoms with Crippen molar-refractivity contribution in [1.82, 2.24) is 0 Å². The van der Waals surface area contributed by atoms with Crippen molar-refractivity contribution in [2.45, 2.75) is 11.8 Å². The SMILES string of the molecule is Cc1ccc(S(=O)(=O)Nc2ccc(N=Nc3ccc(O)c4ccccc34)cc2)cc1. The van der Waals surface area contributed by atoms with Crippen LogP contribution in [0.4, 0.5) is 17.1 Å². The number of hydrogen-bond acceptors (Lipinski definition) is 5. The van der Waals surface area contributed by atoms with Crippen molar-refractivity contribution >= 4 is 37.9 Å². The van der Waals surface area contributed by atoms with Gasteiger partial charge in [0.25, 0.3) is 10.0 Å². The molecule has 4 aromatic rings. The van der Waals surface area contributed by atoms with E-state index in [1.54, 1.807) is 60.7 Å². The Bertz CT molecular complexity index is 1330. The minimum atomic E-state index is -3.65. The topological polar surface area (TPSA) is 91.1 Å². The summed E-state index contributed by atoms with van der Waals surface area (Å²) in [6.45, 7) is 1.90. The Balaban J connectivity index is 1.53. The lowest BCUT2D eigenvalue weighted by molar-refractivity contribution is 0.481. The third-order valence-electron chi connectivity index (χ3n) is 4.60. The zero-order chi connectivity index (χ0) is 21.1. The lowest BCUT2D eigenvalue weighted by Crippen LogP contribution is -2.12. The van der Waals surface area contributed by atoms with Gasteiger partial charge in [0.05, 0.1) is 16.3 Å². The smallest absolute Gasteiger partial charge is 0.261 e. The summed E-state index contributed by atoms with van der Waals surface area (Å²) >= 11 is 0. The Morgan fingerprint density at radius 2 is 1.43 bits per heavy atom. The highest BCUT2D eigenvalue weighted by Crippen LogP contribution is 2.33. The summed E-state index contributed by atoms with van der Waals surface area (Å²) in [6.07, 6.45) is 0. The van der Waals surface area contributed by atoms with Crippen LogP contribution in [0.2, 0.25) is 0 Å². The summed E-state index contributed by atoms with van der Waals surface area (Å²) in [5.41, 5.74) is 2.63. The van der Waals surface area contributed by atoms with Crippen molar-refractivity contribution in [1.29, 1.82) is 0 Å². The third-order valence-corrected chi connectivity index (χ3v) is 6.00. The molecule has 4 rings (SSSR count). The quantitative estimate of drug-likeness (QED) is 0.386. The van der Waals surface area contributed by atoms with Gasteiger partial charge in [0.15, 0.2) is 0 Å². The lowest BCUT2D eigenvalue weighted by Gasteiger charge is -2.08. The molecule has 2 N–H and O–H groups in total. The summed E-state index contributed by atoms with van der Waals surface area (Å²) < 4.78 is 27.5. The van der Waals surface area contributed by atoms with Gasteiger partial charge in [0, 0.05) is 16.5 Å². The van der Waals surface area contributed by atoms with Gasteiger partial charge in [-0.05, 0) is 55.5 Å². The molecule has 0 aliphatic heterocycles. The standard InChI is InChI=1S/C23H19N3O3S/c1-16-6-12-19(13-7-16)30(28,29)26-18-10-8-17(9-11-18)24-25-22-14-15-23(27)21-5-3-2-4-20(21)22/h2-15,26-27H,1H3. The normalized spacial score (nSPS) is 11.8. The number of phenolic OH excluding ortho intramolecular Hbond substituents is 1. The average Bonchev–Trinajstić information content (AvgIpc) is 2.75. The van der Waals surface area contributed by atoms with Gasteiger partial charge in [-0.15, -0.1) is 5.11 Å². The largest absolute Gasteiger partial charge is 0.507 e. The molecule has 0 spiro atoms. The Morgan fingerprint density at radius 3 is 2.13 bits per heavy atom. The van der Waals surface area contributed by atoms with Crippen LogP contribution < -0.4 is 4.72 Å².